The molecule has 0 bridgehead atoms. The molecule has 0 aliphatic heterocycles. The second-order valence-corrected chi connectivity index (χ2v) is 7.51. The first-order valence-corrected chi connectivity index (χ1v) is 12.3. The molecule has 32 heavy (non-hydrogen) atoms. The summed E-state index contributed by atoms with van der Waals surface area (Å²) in [5.74, 6) is 2.26. The van der Waals surface area contributed by atoms with Gasteiger partial charge in [-0.25, -0.2) is 0 Å². The highest BCUT2D eigenvalue weighted by Crippen LogP contribution is 2.10. The number of hydrogen-bond acceptors (Lipinski definition) is 7. The Morgan fingerprint density at radius 3 is 1.47 bits per heavy atom. The quantitative estimate of drug-likeness (QED) is 0.109. The van der Waals surface area contributed by atoms with Crippen LogP contribution in [-0.2, 0) is 33.2 Å². The summed E-state index contributed by atoms with van der Waals surface area (Å²) >= 11 is 0. The Bertz CT molecular complexity index is 423. The van der Waals surface area contributed by atoms with Crippen LogP contribution in [-0.4, -0.2) is 78.6 Å². The predicted molar refractivity (Wildman–Crippen MR) is 126 cm³/mol. The van der Waals surface area contributed by atoms with Gasteiger partial charge in [0.1, 0.15) is 13.2 Å². The van der Waals surface area contributed by atoms with Crippen molar-refractivity contribution in [2.24, 2.45) is 0 Å². The second-order valence-electron chi connectivity index (χ2n) is 7.51. The molecule has 0 N–H and O–H groups in total. The van der Waals surface area contributed by atoms with Gasteiger partial charge >= 0.3 is 5.97 Å². The maximum Gasteiger partial charge on any atom is 0.305 e. The Balaban J connectivity index is 3.13. The van der Waals surface area contributed by atoms with Crippen LogP contribution in [0.2, 0.25) is 0 Å². The minimum atomic E-state index is -0.131. The van der Waals surface area contributed by atoms with E-state index in [0.717, 1.165) is 12.8 Å². The highest BCUT2D eigenvalue weighted by Gasteiger charge is 2.02. The van der Waals surface area contributed by atoms with Crippen molar-refractivity contribution in [3.63, 3.8) is 0 Å². The van der Waals surface area contributed by atoms with E-state index in [9.17, 15) is 4.79 Å². The first kappa shape index (κ1) is 30.8. The van der Waals surface area contributed by atoms with Crippen LogP contribution in [0, 0.1) is 12.3 Å². The van der Waals surface area contributed by atoms with Crippen molar-refractivity contribution in [2.75, 3.05) is 72.7 Å². The molecule has 0 aliphatic carbocycles. The number of unbranched alkanes of at least 4 members (excludes halogenated alkanes) is 8. The largest absolute Gasteiger partial charge is 0.463 e. The molecule has 0 aliphatic rings. The summed E-state index contributed by atoms with van der Waals surface area (Å²) in [4.78, 5) is 11.7. The van der Waals surface area contributed by atoms with Crippen molar-refractivity contribution in [3.8, 4) is 12.3 Å². The molecule has 0 aromatic rings. The molecular formula is C25H46O7. The molecule has 0 atom stereocenters. The lowest BCUT2D eigenvalue weighted by Gasteiger charge is -2.08. The molecule has 0 aromatic heterocycles. The van der Waals surface area contributed by atoms with Crippen LogP contribution in [0.3, 0.4) is 0 Å². The van der Waals surface area contributed by atoms with E-state index in [1.807, 2.05) is 0 Å². The van der Waals surface area contributed by atoms with Crippen LogP contribution in [0.25, 0.3) is 0 Å². The predicted octanol–water partition coefficient (Wildman–Crippen LogP) is 4.17. The van der Waals surface area contributed by atoms with Crippen molar-refractivity contribution in [3.05, 3.63) is 0 Å². The van der Waals surface area contributed by atoms with Gasteiger partial charge in [-0.15, -0.1) is 6.42 Å². The van der Waals surface area contributed by atoms with E-state index in [4.69, 9.17) is 34.8 Å². The smallest absolute Gasteiger partial charge is 0.305 e. The summed E-state index contributed by atoms with van der Waals surface area (Å²) in [6.45, 7) is 7.23. The zero-order chi connectivity index (χ0) is 23.4. The molecular weight excluding hydrogens is 412 g/mol. The van der Waals surface area contributed by atoms with E-state index in [1.165, 1.54) is 44.9 Å². The van der Waals surface area contributed by atoms with Crippen LogP contribution < -0.4 is 0 Å². The summed E-state index contributed by atoms with van der Waals surface area (Å²) in [5.41, 5.74) is 0. The van der Waals surface area contributed by atoms with E-state index >= 15 is 0 Å². The fourth-order valence-electron chi connectivity index (χ4n) is 2.88. The molecule has 0 heterocycles. The Morgan fingerprint density at radius 1 is 0.594 bits per heavy atom. The summed E-state index contributed by atoms with van der Waals surface area (Å²) < 4.78 is 31.8. The number of rotatable bonds is 26. The number of carbonyl (C=O) groups excluding carboxylic acids is 1. The third-order valence-corrected chi connectivity index (χ3v) is 4.65. The lowest BCUT2D eigenvalue weighted by atomic mass is 10.1. The van der Waals surface area contributed by atoms with Gasteiger partial charge in [0, 0.05) is 6.42 Å². The van der Waals surface area contributed by atoms with Crippen molar-refractivity contribution >= 4 is 5.97 Å². The normalized spacial score (nSPS) is 10.9. The van der Waals surface area contributed by atoms with Crippen LogP contribution in [0.5, 0.6) is 0 Å². The monoisotopic (exact) mass is 458 g/mol. The van der Waals surface area contributed by atoms with E-state index in [0.29, 0.717) is 79.1 Å². The number of esters is 1. The summed E-state index contributed by atoms with van der Waals surface area (Å²) in [7, 11) is 0. The average Bonchev–Trinajstić information content (AvgIpc) is 2.80. The van der Waals surface area contributed by atoms with Crippen LogP contribution >= 0.6 is 0 Å². The van der Waals surface area contributed by atoms with Gasteiger partial charge in [0.15, 0.2) is 0 Å². The molecule has 188 valence electrons. The summed E-state index contributed by atoms with van der Waals surface area (Å²) in [6.07, 6.45) is 16.7. The topological polar surface area (TPSA) is 72.5 Å². The van der Waals surface area contributed by atoms with E-state index in [1.54, 1.807) is 0 Å². The lowest BCUT2D eigenvalue weighted by Crippen LogP contribution is -2.15. The van der Waals surface area contributed by atoms with Crippen LogP contribution in [0.1, 0.15) is 71.1 Å². The molecule has 0 aromatic carbocycles. The number of terminal acetylenes is 1. The average molecular weight is 459 g/mol. The third-order valence-electron chi connectivity index (χ3n) is 4.65. The minimum Gasteiger partial charge on any atom is -0.463 e. The van der Waals surface area contributed by atoms with Crippen molar-refractivity contribution in [1.29, 1.82) is 0 Å². The zero-order valence-electron chi connectivity index (χ0n) is 20.3. The maximum atomic E-state index is 11.7. The molecule has 0 saturated heterocycles. The van der Waals surface area contributed by atoms with Gasteiger partial charge in [-0.2, -0.15) is 0 Å². The molecule has 7 nitrogen and oxygen atoms in total. The van der Waals surface area contributed by atoms with Crippen LogP contribution in [0.4, 0.5) is 0 Å². The number of carbonyl (C=O) groups is 1. The second kappa shape index (κ2) is 27.9. The number of hydrogen-bond donors (Lipinski definition) is 0. The molecule has 0 fully saturated rings. The highest BCUT2D eigenvalue weighted by atomic mass is 16.6. The summed E-state index contributed by atoms with van der Waals surface area (Å²) in [6, 6.07) is 0. The van der Waals surface area contributed by atoms with E-state index < -0.39 is 0 Å². The van der Waals surface area contributed by atoms with Gasteiger partial charge in [-0.05, 0) is 6.42 Å². The van der Waals surface area contributed by atoms with Gasteiger partial charge in [-0.3, -0.25) is 4.79 Å². The zero-order valence-corrected chi connectivity index (χ0v) is 20.3. The molecule has 7 heteroatoms. The molecule has 0 rings (SSSR count). The van der Waals surface area contributed by atoms with E-state index in [2.05, 4.69) is 12.8 Å². The Labute approximate surface area is 195 Å². The van der Waals surface area contributed by atoms with Crippen molar-refractivity contribution in [1.82, 2.24) is 0 Å². The van der Waals surface area contributed by atoms with Gasteiger partial charge in [0.2, 0.25) is 0 Å². The van der Waals surface area contributed by atoms with Crippen molar-refractivity contribution < 1.29 is 33.2 Å². The standard InChI is InChI=1S/C25H46O7/c1-3-5-6-7-8-9-10-11-12-13-25(26)32-24-23-31-22-21-30-20-19-29-18-17-28-16-15-27-14-4-2/h2H,3,5-24H2,1H3. The minimum absolute atomic E-state index is 0.131. The first-order valence-electron chi connectivity index (χ1n) is 12.3. The molecule has 0 radical (unpaired) electrons. The van der Waals surface area contributed by atoms with Gasteiger partial charge in [-0.1, -0.05) is 64.2 Å². The van der Waals surface area contributed by atoms with Crippen LogP contribution in [0.15, 0.2) is 0 Å². The van der Waals surface area contributed by atoms with Gasteiger partial charge in [0.25, 0.3) is 0 Å². The highest BCUT2D eigenvalue weighted by molar-refractivity contribution is 5.69. The molecule has 0 saturated carbocycles. The SMILES string of the molecule is C#CCOCCOCCOCCOCCOCCOC(=O)CCCCCCCCCCC. The Kier molecular flexibility index (Phi) is 26.8. The van der Waals surface area contributed by atoms with Gasteiger partial charge < -0.3 is 28.4 Å². The Hall–Kier alpha value is -1.17. The third kappa shape index (κ3) is 26.9. The maximum absolute atomic E-state index is 11.7. The van der Waals surface area contributed by atoms with Crippen molar-refractivity contribution in [2.45, 2.75) is 71.1 Å². The molecule has 0 amide bonds. The Morgan fingerprint density at radius 2 is 1.00 bits per heavy atom. The summed E-state index contributed by atoms with van der Waals surface area (Å²) in [5, 5.41) is 0. The van der Waals surface area contributed by atoms with E-state index in [-0.39, 0.29) is 5.97 Å². The fraction of sp³-hybridized carbons (Fsp3) is 0.880. The lowest BCUT2D eigenvalue weighted by molar-refractivity contribution is -0.145. The van der Waals surface area contributed by atoms with Gasteiger partial charge in [0.05, 0.1) is 59.5 Å². The fourth-order valence-corrected chi connectivity index (χ4v) is 2.88. The molecule has 0 spiro atoms. The first-order chi connectivity index (χ1) is 15.8. The molecule has 0 unspecified atom stereocenters. The number of ether oxygens (including phenoxy) is 6.